The van der Waals surface area contributed by atoms with Gasteiger partial charge in [0.05, 0.1) is 17.8 Å². The predicted molar refractivity (Wildman–Crippen MR) is 180 cm³/mol. The van der Waals surface area contributed by atoms with Crippen LogP contribution < -0.4 is 14.8 Å². The van der Waals surface area contributed by atoms with Crippen molar-refractivity contribution in [1.82, 2.24) is 14.3 Å². The Balaban J connectivity index is 2.17. The van der Waals surface area contributed by atoms with E-state index in [1.165, 1.54) is 30.3 Å². The number of carbonyl (C=O) groups is 4. The number of aliphatic imine (C=N–C) groups is 1. The molecule has 2 amide bonds. The Bertz CT molecular complexity index is 1640. The van der Waals surface area contributed by atoms with Gasteiger partial charge in [-0.3, -0.25) is 10.1 Å². The molecule has 0 saturated carbocycles. The molecule has 264 valence electrons. The highest BCUT2D eigenvalue weighted by atomic mass is 35.5. The highest BCUT2D eigenvalue weighted by Gasteiger charge is 2.33. The van der Waals surface area contributed by atoms with E-state index in [1.807, 2.05) is 0 Å². The molecule has 0 saturated heterocycles. The van der Waals surface area contributed by atoms with Gasteiger partial charge in [-0.15, -0.1) is 0 Å². The zero-order valence-electron chi connectivity index (χ0n) is 28.7. The van der Waals surface area contributed by atoms with Crippen LogP contribution in [0.1, 0.15) is 85.2 Å². The standard InChI is InChI=1S/C32H43ClN4O10S/c1-20(36-28(40)46-31(5,6)7)35-23-14-11-21(12-15-23)27(39)44-24-16-13-22(25(33)17-24)19-37(29(41)47-32(8,9)10)48(42,43)34-18-26(38)45-30(2,3)4/h11-17,34H,18-19H2,1-10H3,(H,35,36,40). The fourth-order valence-electron chi connectivity index (χ4n) is 3.55. The minimum Gasteiger partial charge on any atom is -0.459 e. The number of ether oxygens (including phenoxy) is 4. The maximum Gasteiger partial charge on any atom is 0.425 e. The second kappa shape index (κ2) is 15.8. The van der Waals surface area contributed by atoms with E-state index in [0.29, 0.717) is 9.99 Å². The lowest BCUT2D eigenvalue weighted by Crippen LogP contribution is -2.47. The van der Waals surface area contributed by atoms with Gasteiger partial charge in [-0.25, -0.2) is 19.4 Å². The van der Waals surface area contributed by atoms with Crippen LogP contribution in [0.15, 0.2) is 47.5 Å². The molecule has 16 heteroatoms. The molecule has 2 aromatic rings. The third kappa shape index (κ3) is 14.3. The Kier molecular flexibility index (Phi) is 13.1. The van der Waals surface area contributed by atoms with Gasteiger partial charge in [0, 0.05) is 5.02 Å². The molecular formula is C32H43ClN4O10S. The fourth-order valence-corrected chi connectivity index (χ4v) is 4.78. The average Bonchev–Trinajstić information content (AvgIpc) is 2.88. The number of amidine groups is 1. The third-order valence-corrected chi connectivity index (χ3v) is 7.06. The fraction of sp³-hybridized carbons (Fsp3) is 0.469. The molecule has 0 unspecified atom stereocenters. The Labute approximate surface area is 286 Å². The molecule has 0 bridgehead atoms. The first-order valence-corrected chi connectivity index (χ1v) is 16.5. The molecule has 0 spiro atoms. The maximum atomic E-state index is 13.2. The summed E-state index contributed by atoms with van der Waals surface area (Å²) in [5, 5.41) is 2.50. The minimum absolute atomic E-state index is 0.0196. The van der Waals surface area contributed by atoms with Crippen molar-refractivity contribution in [2.45, 2.75) is 92.6 Å². The smallest absolute Gasteiger partial charge is 0.425 e. The van der Waals surface area contributed by atoms with Crippen molar-refractivity contribution in [1.29, 1.82) is 0 Å². The number of nitrogens with one attached hydrogen (secondary N) is 2. The van der Waals surface area contributed by atoms with E-state index in [2.05, 4.69) is 15.0 Å². The number of alkyl carbamates (subject to hydrolysis) is 1. The number of halogens is 1. The van der Waals surface area contributed by atoms with Crippen molar-refractivity contribution in [3.05, 3.63) is 58.6 Å². The van der Waals surface area contributed by atoms with Crippen LogP contribution in [0.5, 0.6) is 5.75 Å². The molecule has 2 rings (SSSR count). The molecule has 48 heavy (non-hydrogen) atoms. The monoisotopic (exact) mass is 710 g/mol. The van der Waals surface area contributed by atoms with Crippen molar-refractivity contribution >= 4 is 57.5 Å². The molecular weight excluding hydrogens is 668 g/mol. The van der Waals surface area contributed by atoms with Crippen LogP contribution in [-0.2, 0) is 35.8 Å². The summed E-state index contributed by atoms with van der Waals surface area (Å²) in [6.45, 7) is 15.0. The number of carbonyl (C=O) groups excluding carboxylic acids is 4. The van der Waals surface area contributed by atoms with Crippen LogP contribution in [0.2, 0.25) is 5.02 Å². The van der Waals surface area contributed by atoms with Crippen LogP contribution in [0.25, 0.3) is 0 Å². The molecule has 0 radical (unpaired) electrons. The Hall–Kier alpha value is -4.21. The second-order valence-corrected chi connectivity index (χ2v) is 15.5. The van der Waals surface area contributed by atoms with Gasteiger partial charge < -0.3 is 18.9 Å². The van der Waals surface area contributed by atoms with Gasteiger partial charge in [-0.1, -0.05) is 17.7 Å². The number of esters is 2. The van der Waals surface area contributed by atoms with Crippen LogP contribution in [0, 0.1) is 0 Å². The lowest BCUT2D eigenvalue weighted by Gasteiger charge is -2.27. The Morgan fingerprint density at radius 1 is 0.833 bits per heavy atom. The van der Waals surface area contributed by atoms with Gasteiger partial charge in [0.15, 0.2) is 0 Å². The Morgan fingerprint density at radius 2 is 1.40 bits per heavy atom. The zero-order chi connectivity index (χ0) is 36.7. The van der Waals surface area contributed by atoms with Crippen LogP contribution >= 0.6 is 11.6 Å². The zero-order valence-corrected chi connectivity index (χ0v) is 30.3. The van der Waals surface area contributed by atoms with Crippen molar-refractivity contribution in [2.75, 3.05) is 6.54 Å². The molecule has 2 aromatic carbocycles. The van der Waals surface area contributed by atoms with Gasteiger partial charge in [0.25, 0.3) is 0 Å². The van der Waals surface area contributed by atoms with E-state index in [-0.39, 0.29) is 27.7 Å². The highest BCUT2D eigenvalue weighted by Crippen LogP contribution is 2.26. The molecule has 0 atom stereocenters. The third-order valence-electron chi connectivity index (χ3n) is 5.34. The van der Waals surface area contributed by atoms with Crippen molar-refractivity contribution < 1.29 is 46.5 Å². The van der Waals surface area contributed by atoms with E-state index >= 15 is 0 Å². The summed E-state index contributed by atoms with van der Waals surface area (Å²) in [6, 6.07) is 10.1. The number of hydrogen-bond acceptors (Lipinski definition) is 11. The van der Waals surface area contributed by atoms with Gasteiger partial charge in [-0.05, 0) is 111 Å². The second-order valence-electron chi connectivity index (χ2n) is 13.4. The first kappa shape index (κ1) is 40.0. The predicted octanol–water partition coefficient (Wildman–Crippen LogP) is 6.05. The van der Waals surface area contributed by atoms with Crippen LogP contribution in [0.4, 0.5) is 15.3 Å². The quantitative estimate of drug-likeness (QED) is 0.102. The SMILES string of the molecule is CC(=Nc1ccc(C(=O)Oc2ccc(CN(C(=O)OC(C)(C)C)S(=O)(=O)NCC(=O)OC(C)(C)C)c(Cl)c2)cc1)NC(=O)OC(C)(C)C. The molecule has 0 aromatic heterocycles. The maximum absolute atomic E-state index is 13.2. The summed E-state index contributed by atoms with van der Waals surface area (Å²) in [4.78, 5) is 54.1. The number of hydrogen-bond donors (Lipinski definition) is 2. The van der Waals surface area contributed by atoms with Gasteiger partial charge >= 0.3 is 34.3 Å². The first-order chi connectivity index (χ1) is 21.8. The number of nitrogens with zero attached hydrogens (tertiary/aromatic N) is 2. The van der Waals surface area contributed by atoms with E-state index in [9.17, 15) is 27.6 Å². The molecule has 0 aliphatic rings. The first-order valence-electron chi connectivity index (χ1n) is 14.7. The average molecular weight is 711 g/mol. The van der Waals surface area contributed by atoms with Crippen LogP contribution in [-0.4, -0.2) is 66.0 Å². The highest BCUT2D eigenvalue weighted by molar-refractivity contribution is 7.87. The summed E-state index contributed by atoms with van der Waals surface area (Å²) in [5.41, 5.74) is -1.76. The van der Waals surface area contributed by atoms with E-state index < -0.39 is 64.2 Å². The summed E-state index contributed by atoms with van der Waals surface area (Å²) in [7, 11) is -4.62. The normalized spacial score (nSPS) is 12.5. The summed E-state index contributed by atoms with van der Waals surface area (Å²) in [5.74, 6) is -1.25. The van der Waals surface area contributed by atoms with Crippen LogP contribution in [0.3, 0.4) is 0 Å². The lowest BCUT2D eigenvalue weighted by molar-refractivity contribution is -0.153. The molecule has 0 heterocycles. The van der Waals surface area contributed by atoms with E-state index in [0.717, 1.165) is 0 Å². The summed E-state index contributed by atoms with van der Waals surface area (Å²) < 4.78 is 49.8. The molecule has 0 aliphatic heterocycles. The van der Waals surface area contributed by atoms with Crippen molar-refractivity contribution in [3.8, 4) is 5.75 Å². The minimum atomic E-state index is -4.62. The van der Waals surface area contributed by atoms with Crippen molar-refractivity contribution in [2.24, 2.45) is 4.99 Å². The summed E-state index contributed by atoms with van der Waals surface area (Å²) in [6.07, 6.45) is -1.86. The molecule has 14 nitrogen and oxygen atoms in total. The molecule has 0 aliphatic carbocycles. The number of rotatable bonds is 9. The number of amides is 2. The largest absolute Gasteiger partial charge is 0.459 e. The topological polar surface area (TPSA) is 179 Å². The number of benzene rings is 2. The molecule has 2 N–H and O–H groups in total. The van der Waals surface area contributed by atoms with Gasteiger partial charge in [-0.2, -0.15) is 17.4 Å². The summed E-state index contributed by atoms with van der Waals surface area (Å²) >= 11 is 6.42. The lowest BCUT2D eigenvalue weighted by atomic mass is 10.2. The van der Waals surface area contributed by atoms with Crippen molar-refractivity contribution in [3.63, 3.8) is 0 Å². The van der Waals surface area contributed by atoms with Gasteiger partial charge in [0.1, 0.15) is 34.9 Å². The van der Waals surface area contributed by atoms with E-state index in [1.54, 1.807) is 81.4 Å². The van der Waals surface area contributed by atoms with Gasteiger partial charge in [0.2, 0.25) is 0 Å². The Morgan fingerprint density at radius 3 is 1.92 bits per heavy atom. The van der Waals surface area contributed by atoms with E-state index in [4.69, 9.17) is 30.5 Å². The molecule has 0 fully saturated rings.